The highest BCUT2D eigenvalue weighted by molar-refractivity contribution is 5.96. The molecule has 0 radical (unpaired) electrons. The van der Waals surface area contributed by atoms with E-state index in [1.165, 1.54) is 0 Å². The average Bonchev–Trinajstić information content (AvgIpc) is 2.35. The van der Waals surface area contributed by atoms with Gasteiger partial charge in [-0.15, -0.1) is 0 Å². The molecule has 0 saturated heterocycles. The predicted molar refractivity (Wildman–Crippen MR) is 76.0 cm³/mol. The van der Waals surface area contributed by atoms with E-state index >= 15 is 0 Å². The Bertz CT molecular complexity index is 442. The number of nitrogens with one attached hydrogen (secondary N) is 2. The smallest absolute Gasteiger partial charge is 0.251 e. The van der Waals surface area contributed by atoms with Crippen LogP contribution in [0.2, 0.25) is 0 Å². The number of carbonyl (C=O) groups excluding carboxylic acids is 2. The van der Waals surface area contributed by atoms with Gasteiger partial charge in [-0.1, -0.05) is 31.5 Å². The first kappa shape index (κ1) is 15.2. The van der Waals surface area contributed by atoms with E-state index in [4.69, 9.17) is 0 Å². The summed E-state index contributed by atoms with van der Waals surface area (Å²) in [5.74, 6) is 0.187. The summed E-state index contributed by atoms with van der Waals surface area (Å²) in [6, 6.07) is 7.29. The van der Waals surface area contributed by atoms with Gasteiger partial charge in [0.2, 0.25) is 5.91 Å². The Balaban J connectivity index is 2.32. The van der Waals surface area contributed by atoms with Crippen LogP contribution >= 0.6 is 0 Å². The van der Waals surface area contributed by atoms with Gasteiger partial charge < -0.3 is 10.6 Å². The summed E-state index contributed by atoms with van der Waals surface area (Å²) in [5.41, 5.74) is 1.60. The topological polar surface area (TPSA) is 58.2 Å². The molecule has 19 heavy (non-hydrogen) atoms. The highest BCUT2D eigenvalue weighted by Crippen LogP contribution is 2.03. The van der Waals surface area contributed by atoms with Gasteiger partial charge in [0.1, 0.15) is 0 Å². The van der Waals surface area contributed by atoms with Crippen LogP contribution in [0, 0.1) is 12.8 Å². The van der Waals surface area contributed by atoms with Crippen LogP contribution in [0.15, 0.2) is 24.3 Å². The van der Waals surface area contributed by atoms with Crippen LogP contribution < -0.4 is 10.6 Å². The molecule has 104 valence electrons. The lowest BCUT2D eigenvalue weighted by Gasteiger charge is -2.08. The van der Waals surface area contributed by atoms with Gasteiger partial charge in [-0.05, 0) is 31.4 Å². The number of carbonyl (C=O) groups is 2. The number of amides is 2. The average molecular weight is 262 g/mol. The van der Waals surface area contributed by atoms with Gasteiger partial charge in [0, 0.05) is 12.1 Å². The van der Waals surface area contributed by atoms with Crippen LogP contribution in [0.3, 0.4) is 0 Å². The van der Waals surface area contributed by atoms with Gasteiger partial charge >= 0.3 is 0 Å². The zero-order valence-electron chi connectivity index (χ0n) is 11.8. The van der Waals surface area contributed by atoms with Crippen molar-refractivity contribution in [3.8, 4) is 0 Å². The molecule has 0 heterocycles. The van der Waals surface area contributed by atoms with Crippen molar-refractivity contribution in [2.75, 3.05) is 13.1 Å². The van der Waals surface area contributed by atoms with E-state index in [0.717, 1.165) is 12.0 Å². The number of rotatable bonds is 6. The van der Waals surface area contributed by atoms with Crippen molar-refractivity contribution in [1.82, 2.24) is 10.6 Å². The Labute approximate surface area is 114 Å². The zero-order valence-corrected chi connectivity index (χ0v) is 11.8. The number of aryl methyl sites for hydroxylation is 1. The minimum Gasteiger partial charge on any atom is -0.355 e. The fraction of sp³-hybridized carbons (Fsp3) is 0.467. The molecule has 4 heteroatoms. The Morgan fingerprint density at radius 1 is 1.21 bits per heavy atom. The maximum atomic E-state index is 11.8. The Morgan fingerprint density at radius 2 is 1.95 bits per heavy atom. The third-order valence-electron chi connectivity index (χ3n) is 2.73. The SMILES string of the molecule is Cc1cccc(C(=O)NCC(=O)NCCC(C)C)c1. The maximum Gasteiger partial charge on any atom is 0.251 e. The van der Waals surface area contributed by atoms with Crippen LogP contribution in [0.25, 0.3) is 0 Å². The molecule has 2 N–H and O–H groups in total. The minimum atomic E-state index is -0.220. The van der Waals surface area contributed by atoms with Crippen LogP contribution in [0.1, 0.15) is 36.2 Å². The summed E-state index contributed by atoms with van der Waals surface area (Å²) in [5, 5.41) is 5.39. The van der Waals surface area contributed by atoms with Crippen molar-refractivity contribution >= 4 is 11.8 Å². The fourth-order valence-corrected chi connectivity index (χ4v) is 1.61. The molecule has 4 nitrogen and oxygen atoms in total. The highest BCUT2D eigenvalue weighted by Gasteiger charge is 2.07. The molecule has 0 aliphatic rings. The first-order valence-electron chi connectivity index (χ1n) is 6.60. The predicted octanol–water partition coefficient (Wildman–Crippen LogP) is 1.89. The molecule has 0 aliphatic heterocycles. The second kappa shape index (κ2) is 7.56. The van der Waals surface area contributed by atoms with E-state index in [2.05, 4.69) is 24.5 Å². The molecule has 1 aromatic carbocycles. The number of hydrogen-bond acceptors (Lipinski definition) is 2. The van der Waals surface area contributed by atoms with Gasteiger partial charge in [0.05, 0.1) is 6.54 Å². The molecule has 0 fully saturated rings. The van der Waals surface area contributed by atoms with Crippen molar-refractivity contribution < 1.29 is 9.59 Å². The molecule has 1 rings (SSSR count). The van der Waals surface area contributed by atoms with Gasteiger partial charge in [-0.3, -0.25) is 9.59 Å². The third kappa shape index (κ3) is 6.04. The lowest BCUT2D eigenvalue weighted by Crippen LogP contribution is -2.37. The molecule has 2 amide bonds. The Kier molecular flexibility index (Phi) is 6.06. The van der Waals surface area contributed by atoms with Crippen molar-refractivity contribution in [2.45, 2.75) is 27.2 Å². The Hall–Kier alpha value is -1.84. The molecule has 0 unspecified atom stereocenters. The summed E-state index contributed by atoms with van der Waals surface area (Å²) < 4.78 is 0. The number of hydrogen-bond donors (Lipinski definition) is 2. The lowest BCUT2D eigenvalue weighted by molar-refractivity contribution is -0.120. The summed E-state index contributed by atoms with van der Waals surface area (Å²) in [6.45, 7) is 6.80. The first-order valence-corrected chi connectivity index (χ1v) is 6.60. The van der Waals surface area contributed by atoms with E-state index in [9.17, 15) is 9.59 Å². The monoisotopic (exact) mass is 262 g/mol. The molecular formula is C15H22N2O2. The van der Waals surface area contributed by atoms with Crippen LogP contribution in [0.4, 0.5) is 0 Å². The van der Waals surface area contributed by atoms with E-state index in [1.54, 1.807) is 12.1 Å². The van der Waals surface area contributed by atoms with Crippen LogP contribution in [0.5, 0.6) is 0 Å². The quantitative estimate of drug-likeness (QED) is 0.822. The maximum absolute atomic E-state index is 11.8. The van der Waals surface area contributed by atoms with Gasteiger partial charge in [0.25, 0.3) is 5.91 Å². The molecule has 0 saturated carbocycles. The van der Waals surface area contributed by atoms with Crippen molar-refractivity contribution in [3.63, 3.8) is 0 Å². The normalized spacial score (nSPS) is 10.3. The van der Waals surface area contributed by atoms with E-state index in [-0.39, 0.29) is 18.4 Å². The number of benzene rings is 1. The second-order valence-corrected chi connectivity index (χ2v) is 5.08. The summed E-state index contributed by atoms with van der Waals surface area (Å²) in [6.07, 6.45) is 0.942. The molecule has 0 atom stereocenters. The van der Waals surface area contributed by atoms with Crippen LogP contribution in [-0.4, -0.2) is 24.9 Å². The molecule has 1 aromatic rings. The van der Waals surface area contributed by atoms with Gasteiger partial charge in [-0.25, -0.2) is 0 Å². The largest absolute Gasteiger partial charge is 0.355 e. The highest BCUT2D eigenvalue weighted by atomic mass is 16.2. The van der Waals surface area contributed by atoms with Crippen molar-refractivity contribution in [1.29, 1.82) is 0 Å². The third-order valence-corrected chi connectivity index (χ3v) is 2.73. The molecule has 0 bridgehead atoms. The second-order valence-electron chi connectivity index (χ2n) is 5.08. The van der Waals surface area contributed by atoms with E-state index in [0.29, 0.717) is 18.0 Å². The van der Waals surface area contributed by atoms with Crippen molar-refractivity contribution in [3.05, 3.63) is 35.4 Å². The van der Waals surface area contributed by atoms with E-state index in [1.807, 2.05) is 19.1 Å². The summed E-state index contributed by atoms with van der Waals surface area (Å²) >= 11 is 0. The molecule has 0 aromatic heterocycles. The van der Waals surface area contributed by atoms with Crippen LogP contribution in [-0.2, 0) is 4.79 Å². The zero-order chi connectivity index (χ0) is 14.3. The molecule has 0 aliphatic carbocycles. The van der Waals surface area contributed by atoms with Gasteiger partial charge in [-0.2, -0.15) is 0 Å². The van der Waals surface area contributed by atoms with Gasteiger partial charge in [0.15, 0.2) is 0 Å². The van der Waals surface area contributed by atoms with E-state index < -0.39 is 0 Å². The Morgan fingerprint density at radius 3 is 2.58 bits per heavy atom. The lowest BCUT2D eigenvalue weighted by atomic mass is 10.1. The summed E-state index contributed by atoms with van der Waals surface area (Å²) in [4.78, 5) is 23.3. The minimum absolute atomic E-state index is 0.0187. The fourth-order valence-electron chi connectivity index (χ4n) is 1.61. The first-order chi connectivity index (χ1) is 8.99. The molecule has 0 spiro atoms. The molecular weight excluding hydrogens is 240 g/mol. The van der Waals surface area contributed by atoms with Crippen molar-refractivity contribution in [2.24, 2.45) is 5.92 Å². The standard InChI is InChI=1S/C15H22N2O2/c1-11(2)7-8-16-14(18)10-17-15(19)13-6-4-5-12(3)9-13/h4-6,9,11H,7-8,10H2,1-3H3,(H,16,18)(H,17,19). The summed E-state index contributed by atoms with van der Waals surface area (Å²) in [7, 11) is 0.